The largest absolute Gasteiger partial charge is 0.486 e. The molecule has 0 spiro atoms. The average molecular weight is 422 g/mol. The van der Waals surface area contributed by atoms with E-state index in [9.17, 15) is 18.0 Å². The quantitative estimate of drug-likeness (QED) is 0.618. The van der Waals surface area contributed by atoms with E-state index < -0.39 is 17.6 Å². The van der Waals surface area contributed by atoms with Crippen LogP contribution in [-0.4, -0.2) is 23.7 Å². The molecule has 0 radical (unpaired) electrons. The van der Waals surface area contributed by atoms with Crippen LogP contribution in [0.25, 0.3) is 10.2 Å². The Kier molecular flexibility index (Phi) is 5.08. The molecular formula is C20H17F3N2O3S. The van der Waals surface area contributed by atoms with Gasteiger partial charge in [0, 0.05) is 24.2 Å². The molecule has 0 fully saturated rings. The summed E-state index contributed by atoms with van der Waals surface area (Å²) >= 11 is 1.29. The monoisotopic (exact) mass is 422 g/mol. The van der Waals surface area contributed by atoms with Crippen LogP contribution in [0.5, 0.6) is 11.5 Å². The maximum absolute atomic E-state index is 12.9. The van der Waals surface area contributed by atoms with E-state index in [-0.39, 0.29) is 5.56 Å². The number of aryl methyl sites for hydroxylation is 1. The fourth-order valence-corrected chi connectivity index (χ4v) is 4.18. The molecule has 1 aliphatic rings. The van der Waals surface area contributed by atoms with Gasteiger partial charge in [0.15, 0.2) is 16.3 Å². The molecule has 4 rings (SSSR count). The van der Waals surface area contributed by atoms with Gasteiger partial charge in [-0.2, -0.15) is 18.2 Å². The van der Waals surface area contributed by atoms with Crippen molar-refractivity contribution in [3.05, 3.63) is 52.3 Å². The van der Waals surface area contributed by atoms with Crippen LogP contribution >= 0.6 is 11.3 Å². The number of thiazole rings is 1. The van der Waals surface area contributed by atoms with Crippen molar-refractivity contribution in [2.75, 3.05) is 13.2 Å². The Balaban J connectivity index is 1.81. The highest BCUT2D eigenvalue weighted by Crippen LogP contribution is 2.35. The Hall–Kier alpha value is -2.81. The smallest absolute Gasteiger partial charge is 0.416 e. The van der Waals surface area contributed by atoms with E-state index in [1.807, 2.05) is 23.6 Å². The molecule has 9 heteroatoms. The number of hydrogen-bond donors (Lipinski definition) is 0. The first-order valence-corrected chi connectivity index (χ1v) is 9.88. The first-order chi connectivity index (χ1) is 13.9. The first kappa shape index (κ1) is 19.5. The number of benzene rings is 2. The van der Waals surface area contributed by atoms with E-state index in [0.29, 0.717) is 36.1 Å². The lowest BCUT2D eigenvalue weighted by Gasteiger charge is -2.18. The summed E-state index contributed by atoms with van der Waals surface area (Å²) in [4.78, 5) is 17.1. The summed E-state index contributed by atoms with van der Waals surface area (Å²) in [7, 11) is 0. The van der Waals surface area contributed by atoms with Gasteiger partial charge < -0.3 is 14.0 Å². The summed E-state index contributed by atoms with van der Waals surface area (Å²) < 4.78 is 52.8. The van der Waals surface area contributed by atoms with E-state index in [0.717, 1.165) is 28.8 Å². The number of halogens is 3. The van der Waals surface area contributed by atoms with E-state index in [1.54, 1.807) is 0 Å². The van der Waals surface area contributed by atoms with Crippen molar-refractivity contribution in [3.8, 4) is 11.5 Å². The standard InChI is InChI=1S/C20H17F3N2O3S/c1-2-6-25-14-10-15-16(28-8-7-27-15)11-17(14)29-19(25)24-18(26)12-4-3-5-13(9-12)20(21,22)23/h3-5,9-11H,2,6-8H2,1H3. The molecule has 29 heavy (non-hydrogen) atoms. The van der Waals surface area contributed by atoms with Crippen molar-refractivity contribution in [1.82, 2.24) is 4.57 Å². The van der Waals surface area contributed by atoms with Crippen LogP contribution in [0.1, 0.15) is 29.3 Å². The second-order valence-corrected chi connectivity index (χ2v) is 7.50. The topological polar surface area (TPSA) is 52.8 Å². The molecule has 0 aliphatic carbocycles. The molecule has 1 aliphatic heterocycles. The Morgan fingerprint density at radius 3 is 2.59 bits per heavy atom. The Labute approximate surface area is 168 Å². The summed E-state index contributed by atoms with van der Waals surface area (Å²) in [5.74, 6) is 0.538. The lowest BCUT2D eigenvalue weighted by Crippen LogP contribution is -2.18. The van der Waals surface area contributed by atoms with Gasteiger partial charge in [-0.05, 0) is 24.6 Å². The summed E-state index contributed by atoms with van der Waals surface area (Å²) in [6.07, 6.45) is -3.72. The van der Waals surface area contributed by atoms with Gasteiger partial charge in [0.05, 0.1) is 15.8 Å². The zero-order valence-corrected chi connectivity index (χ0v) is 16.3. The highest BCUT2D eigenvalue weighted by molar-refractivity contribution is 7.16. The lowest BCUT2D eigenvalue weighted by molar-refractivity contribution is -0.137. The third kappa shape index (κ3) is 3.87. The Bertz CT molecular complexity index is 1150. The molecule has 152 valence electrons. The van der Waals surface area contributed by atoms with Crippen molar-refractivity contribution in [2.24, 2.45) is 4.99 Å². The molecule has 1 amide bonds. The molecule has 0 bridgehead atoms. The number of carbonyl (C=O) groups is 1. The van der Waals surface area contributed by atoms with Gasteiger partial charge in [-0.25, -0.2) is 0 Å². The highest BCUT2D eigenvalue weighted by atomic mass is 32.1. The number of ether oxygens (including phenoxy) is 2. The van der Waals surface area contributed by atoms with Crippen LogP contribution in [-0.2, 0) is 12.7 Å². The minimum absolute atomic E-state index is 0.105. The van der Waals surface area contributed by atoms with E-state index in [1.165, 1.54) is 23.5 Å². The van der Waals surface area contributed by atoms with Crippen LogP contribution in [0.4, 0.5) is 13.2 Å². The predicted octanol–water partition coefficient (Wildman–Crippen LogP) is 4.64. The number of alkyl halides is 3. The lowest BCUT2D eigenvalue weighted by atomic mass is 10.1. The maximum Gasteiger partial charge on any atom is 0.416 e. The summed E-state index contributed by atoms with van der Waals surface area (Å²) in [6, 6.07) is 7.98. The second-order valence-electron chi connectivity index (χ2n) is 6.50. The molecular weight excluding hydrogens is 405 g/mol. The SMILES string of the molecule is CCCn1c(=NC(=O)c2cccc(C(F)(F)F)c2)sc2cc3c(cc21)OCCO3. The van der Waals surface area contributed by atoms with Gasteiger partial charge in [-0.15, -0.1) is 0 Å². The van der Waals surface area contributed by atoms with Crippen molar-refractivity contribution >= 4 is 27.5 Å². The normalized spacial score (nSPS) is 14.4. The fraction of sp³-hybridized carbons (Fsp3) is 0.300. The van der Waals surface area contributed by atoms with Gasteiger partial charge in [-0.1, -0.05) is 24.3 Å². The summed E-state index contributed by atoms with van der Waals surface area (Å²) in [6.45, 7) is 3.52. The molecule has 0 atom stereocenters. The fourth-order valence-electron chi connectivity index (χ4n) is 3.11. The highest BCUT2D eigenvalue weighted by Gasteiger charge is 2.30. The van der Waals surface area contributed by atoms with Crippen LogP contribution in [0.3, 0.4) is 0 Å². The third-order valence-electron chi connectivity index (χ3n) is 4.43. The molecule has 5 nitrogen and oxygen atoms in total. The minimum atomic E-state index is -4.52. The third-order valence-corrected chi connectivity index (χ3v) is 5.47. The molecule has 2 aromatic carbocycles. The number of hydrogen-bond acceptors (Lipinski definition) is 4. The van der Waals surface area contributed by atoms with Gasteiger partial charge in [0.25, 0.3) is 5.91 Å². The van der Waals surface area contributed by atoms with Crippen molar-refractivity contribution in [1.29, 1.82) is 0 Å². The van der Waals surface area contributed by atoms with Gasteiger partial charge in [-0.3, -0.25) is 4.79 Å². The summed E-state index contributed by atoms with van der Waals surface area (Å²) in [5.41, 5.74) is -0.138. The Morgan fingerprint density at radius 1 is 1.17 bits per heavy atom. The van der Waals surface area contributed by atoms with Crippen LogP contribution < -0.4 is 14.3 Å². The van der Waals surface area contributed by atoms with E-state index in [2.05, 4.69) is 4.99 Å². The maximum atomic E-state index is 12.9. The van der Waals surface area contributed by atoms with Crippen molar-refractivity contribution in [3.63, 3.8) is 0 Å². The number of nitrogens with zero attached hydrogens (tertiary/aromatic N) is 2. The predicted molar refractivity (Wildman–Crippen MR) is 102 cm³/mol. The Morgan fingerprint density at radius 2 is 1.90 bits per heavy atom. The van der Waals surface area contributed by atoms with Crippen LogP contribution in [0.15, 0.2) is 41.4 Å². The minimum Gasteiger partial charge on any atom is -0.486 e. The van der Waals surface area contributed by atoms with Crippen LogP contribution in [0.2, 0.25) is 0 Å². The summed E-state index contributed by atoms with van der Waals surface area (Å²) in [5, 5.41) is 0. The van der Waals surface area contributed by atoms with Gasteiger partial charge in [0.2, 0.25) is 0 Å². The molecule has 0 saturated carbocycles. The zero-order chi connectivity index (χ0) is 20.6. The second kappa shape index (κ2) is 7.55. The van der Waals surface area contributed by atoms with Crippen molar-refractivity contribution < 1.29 is 27.4 Å². The number of aromatic nitrogens is 1. The number of fused-ring (bicyclic) bond motifs is 2. The molecule has 2 heterocycles. The first-order valence-electron chi connectivity index (χ1n) is 9.06. The average Bonchev–Trinajstić information content (AvgIpc) is 3.02. The van der Waals surface area contributed by atoms with E-state index in [4.69, 9.17) is 9.47 Å². The molecule has 1 aromatic heterocycles. The van der Waals surface area contributed by atoms with Gasteiger partial charge >= 0.3 is 6.18 Å². The molecule has 0 unspecified atom stereocenters. The number of carbonyl (C=O) groups excluding carboxylic acids is 1. The van der Waals surface area contributed by atoms with Crippen LogP contribution in [0, 0.1) is 0 Å². The van der Waals surface area contributed by atoms with Gasteiger partial charge in [0.1, 0.15) is 13.2 Å². The number of rotatable bonds is 3. The molecule has 0 saturated heterocycles. The van der Waals surface area contributed by atoms with Crippen molar-refractivity contribution in [2.45, 2.75) is 26.1 Å². The zero-order valence-electron chi connectivity index (χ0n) is 15.5. The number of amides is 1. The van der Waals surface area contributed by atoms with E-state index >= 15 is 0 Å². The molecule has 0 N–H and O–H groups in total. The molecule has 3 aromatic rings.